The smallest absolute Gasteiger partial charge is 0.313 e. The normalized spacial score (nSPS) is 11.0. The van der Waals surface area contributed by atoms with Crippen LogP contribution in [0.5, 0.6) is 0 Å². The van der Waals surface area contributed by atoms with Crippen LogP contribution in [0.2, 0.25) is 0 Å². The summed E-state index contributed by atoms with van der Waals surface area (Å²) in [6.45, 7) is 6.28. The van der Waals surface area contributed by atoms with Gasteiger partial charge in [0.15, 0.2) is 5.16 Å². The van der Waals surface area contributed by atoms with Crippen molar-refractivity contribution in [2.45, 2.75) is 32.3 Å². The predicted octanol–water partition coefficient (Wildman–Crippen LogP) is 2.95. The van der Waals surface area contributed by atoms with Crippen LogP contribution in [0.3, 0.4) is 0 Å². The minimum Gasteiger partial charge on any atom is -0.481 e. The lowest BCUT2D eigenvalue weighted by Crippen LogP contribution is -2.07. The summed E-state index contributed by atoms with van der Waals surface area (Å²) in [7, 11) is 0. The van der Waals surface area contributed by atoms with E-state index in [2.05, 4.69) is 24.0 Å². The minimum absolute atomic E-state index is 0.0221. The van der Waals surface area contributed by atoms with Gasteiger partial charge < -0.3 is 5.11 Å². The van der Waals surface area contributed by atoms with Gasteiger partial charge in [0.25, 0.3) is 0 Å². The molecule has 0 aliphatic carbocycles. The van der Waals surface area contributed by atoms with Crippen molar-refractivity contribution in [3.8, 4) is 5.69 Å². The second-order valence-electron chi connectivity index (χ2n) is 5.35. The van der Waals surface area contributed by atoms with Gasteiger partial charge in [-0.25, -0.2) is 0 Å². The van der Waals surface area contributed by atoms with Crippen molar-refractivity contribution in [3.63, 3.8) is 0 Å². The van der Waals surface area contributed by atoms with Gasteiger partial charge in [0, 0.05) is 12.1 Å². The lowest BCUT2D eigenvalue weighted by Gasteiger charge is -2.11. The Kier molecular flexibility index (Phi) is 5.01. The van der Waals surface area contributed by atoms with Crippen molar-refractivity contribution in [1.29, 1.82) is 0 Å². The van der Waals surface area contributed by atoms with Gasteiger partial charge in [0.2, 0.25) is 0 Å². The lowest BCUT2D eigenvalue weighted by atomic mass is 10.1. The number of aromatic nitrogens is 3. The summed E-state index contributed by atoms with van der Waals surface area (Å²) in [4.78, 5) is 10.8. The van der Waals surface area contributed by atoms with Crippen molar-refractivity contribution in [2.75, 3.05) is 5.75 Å². The second-order valence-corrected chi connectivity index (χ2v) is 6.29. The van der Waals surface area contributed by atoms with Crippen LogP contribution in [0.1, 0.15) is 25.2 Å². The zero-order valence-corrected chi connectivity index (χ0v) is 13.2. The maximum absolute atomic E-state index is 10.8. The number of thioether (sulfide) groups is 1. The number of hydrogen-bond acceptors (Lipinski definition) is 4. The number of rotatable bonds is 6. The average Bonchev–Trinajstić information content (AvgIpc) is 2.79. The van der Waals surface area contributed by atoms with Crippen molar-refractivity contribution in [3.05, 3.63) is 35.7 Å². The van der Waals surface area contributed by atoms with E-state index in [1.54, 1.807) is 0 Å². The van der Waals surface area contributed by atoms with Gasteiger partial charge in [-0.2, -0.15) is 0 Å². The number of hydrogen-bond donors (Lipinski definition) is 1. The summed E-state index contributed by atoms with van der Waals surface area (Å²) >= 11 is 1.19. The number of benzene rings is 1. The molecule has 0 spiro atoms. The molecule has 1 N–H and O–H groups in total. The highest BCUT2D eigenvalue weighted by Crippen LogP contribution is 2.23. The van der Waals surface area contributed by atoms with E-state index < -0.39 is 5.97 Å². The molecule has 2 rings (SSSR count). The highest BCUT2D eigenvalue weighted by atomic mass is 32.2. The molecule has 0 aliphatic rings. The Bertz CT molecular complexity index is 620. The first-order valence-electron chi connectivity index (χ1n) is 6.83. The van der Waals surface area contributed by atoms with Gasteiger partial charge in [-0.3, -0.25) is 9.36 Å². The number of aliphatic carboxylic acids is 1. The molecule has 1 aromatic carbocycles. The van der Waals surface area contributed by atoms with E-state index in [0.717, 1.165) is 17.9 Å². The molecule has 5 nitrogen and oxygen atoms in total. The standard InChI is InChI=1S/C15H19N3O2S/c1-10(2)8-13-16-17-15(21-9-14(19)20)18(13)12-6-4-11(3)5-7-12/h4-7,10H,8-9H2,1-3H3,(H,19,20). The van der Waals surface area contributed by atoms with Crippen LogP contribution in [0, 0.1) is 12.8 Å². The van der Waals surface area contributed by atoms with Gasteiger partial charge >= 0.3 is 5.97 Å². The van der Waals surface area contributed by atoms with Gasteiger partial charge in [-0.1, -0.05) is 43.3 Å². The summed E-state index contributed by atoms with van der Waals surface area (Å²) in [6.07, 6.45) is 0.800. The molecule has 1 aromatic heterocycles. The number of carboxylic acids is 1. The Morgan fingerprint density at radius 2 is 1.95 bits per heavy atom. The van der Waals surface area contributed by atoms with E-state index in [4.69, 9.17) is 5.11 Å². The van der Waals surface area contributed by atoms with Crippen LogP contribution < -0.4 is 0 Å². The predicted molar refractivity (Wildman–Crippen MR) is 83.0 cm³/mol. The molecule has 0 saturated heterocycles. The fourth-order valence-corrected chi connectivity index (χ4v) is 2.66. The van der Waals surface area contributed by atoms with E-state index in [0.29, 0.717) is 11.1 Å². The first-order chi connectivity index (χ1) is 9.97. The summed E-state index contributed by atoms with van der Waals surface area (Å²) in [5.41, 5.74) is 2.14. The molecule has 0 fully saturated rings. The Labute approximate surface area is 128 Å². The number of carboxylic acid groups (broad SMARTS) is 1. The fourth-order valence-electron chi connectivity index (χ4n) is 1.97. The third-order valence-electron chi connectivity index (χ3n) is 2.91. The van der Waals surface area contributed by atoms with Gasteiger partial charge in [-0.15, -0.1) is 10.2 Å². The quantitative estimate of drug-likeness (QED) is 0.831. The summed E-state index contributed by atoms with van der Waals surface area (Å²) in [6, 6.07) is 8.07. The third kappa shape index (κ3) is 4.07. The largest absolute Gasteiger partial charge is 0.481 e. The van der Waals surface area contributed by atoms with E-state index in [1.165, 1.54) is 17.3 Å². The zero-order valence-electron chi connectivity index (χ0n) is 12.4. The molecule has 0 aliphatic heterocycles. The Hall–Kier alpha value is -1.82. The highest BCUT2D eigenvalue weighted by molar-refractivity contribution is 7.99. The molecule has 6 heteroatoms. The molecule has 112 valence electrons. The van der Waals surface area contributed by atoms with Crippen LogP contribution in [0.15, 0.2) is 29.4 Å². The van der Waals surface area contributed by atoms with Crippen molar-refractivity contribution < 1.29 is 9.90 Å². The lowest BCUT2D eigenvalue weighted by molar-refractivity contribution is -0.133. The monoisotopic (exact) mass is 305 g/mol. The van der Waals surface area contributed by atoms with Crippen LogP contribution in [0.25, 0.3) is 5.69 Å². The molecule has 0 atom stereocenters. The van der Waals surface area contributed by atoms with Crippen molar-refractivity contribution >= 4 is 17.7 Å². The summed E-state index contributed by atoms with van der Waals surface area (Å²) < 4.78 is 1.95. The van der Waals surface area contributed by atoms with E-state index in [9.17, 15) is 4.79 Å². The number of carbonyl (C=O) groups is 1. The molecule has 2 aromatic rings. The van der Waals surface area contributed by atoms with Crippen LogP contribution in [-0.2, 0) is 11.2 Å². The van der Waals surface area contributed by atoms with E-state index >= 15 is 0 Å². The number of nitrogens with zero attached hydrogens (tertiary/aromatic N) is 3. The second kappa shape index (κ2) is 6.76. The molecule has 0 radical (unpaired) electrons. The Morgan fingerprint density at radius 1 is 1.29 bits per heavy atom. The molecule has 0 unspecified atom stereocenters. The molecule has 0 amide bonds. The van der Waals surface area contributed by atoms with E-state index in [-0.39, 0.29) is 5.75 Å². The molecule has 0 saturated carbocycles. The maximum Gasteiger partial charge on any atom is 0.313 e. The molecule has 1 heterocycles. The zero-order chi connectivity index (χ0) is 15.4. The first-order valence-corrected chi connectivity index (χ1v) is 7.82. The van der Waals surface area contributed by atoms with Crippen LogP contribution in [-0.4, -0.2) is 31.6 Å². The third-order valence-corrected chi connectivity index (χ3v) is 3.82. The minimum atomic E-state index is -0.858. The van der Waals surface area contributed by atoms with Gasteiger partial charge in [0.1, 0.15) is 5.82 Å². The fraction of sp³-hybridized carbons (Fsp3) is 0.400. The average molecular weight is 305 g/mol. The topological polar surface area (TPSA) is 68.0 Å². The number of aryl methyl sites for hydroxylation is 1. The summed E-state index contributed by atoms with van der Waals surface area (Å²) in [5, 5.41) is 17.9. The first kappa shape index (κ1) is 15.6. The van der Waals surface area contributed by atoms with Crippen LogP contribution in [0.4, 0.5) is 0 Å². The van der Waals surface area contributed by atoms with Crippen molar-refractivity contribution in [2.24, 2.45) is 5.92 Å². The van der Waals surface area contributed by atoms with Crippen LogP contribution >= 0.6 is 11.8 Å². The summed E-state index contributed by atoms with van der Waals surface area (Å²) in [5.74, 6) is 0.437. The van der Waals surface area contributed by atoms with Gasteiger partial charge in [0.05, 0.1) is 5.75 Å². The molecule has 21 heavy (non-hydrogen) atoms. The Balaban J connectivity index is 2.39. The maximum atomic E-state index is 10.8. The Morgan fingerprint density at radius 3 is 2.52 bits per heavy atom. The highest BCUT2D eigenvalue weighted by Gasteiger charge is 2.16. The van der Waals surface area contributed by atoms with Gasteiger partial charge in [-0.05, 0) is 25.0 Å². The molecule has 0 bridgehead atoms. The molecular formula is C15H19N3O2S. The van der Waals surface area contributed by atoms with E-state index in [1.807, 2.05) is 35.8 Å². The molecular weight excluding hydrogens is 286 g/mol. The van der Waals surface area contributed by atoms with Crippen molar-refractivity contribution in [1.82, 2.24) is 14.8 Å². The SMILES string of the molecule is Cc1ccc(-n2c(CC(C)C)nnc2SCC(=O)O)cc1.